The summed E-state index contributed by atoms with van der Waals surface area (Å²) in [5, 5.41) is 1.90. The van der Waals surface area contributed by atoms with E-state index in [1.54, 1.807) is 0 Å². The Hall–Kier alpha value is -2.36. The largest absolute Gasteiger partial charge is 0.397 e. The number of carbonyl (C=O) groups excluding carboxylic acids is 1. The van der Waals surface area contributed by atoms with Crippen molar-refractivity contribution in [2.75, 3.05) is 5.73 Å². The molecule has 1 aromatic carbocycles. The summed E-state index contributed by atoms with van der Waals surface area (Å²) in [4.78, 5) is 20.5. The summed E-state index contributed by atoms with van der Waals surface area (Å²) in [5.41, 5.74) is 10.1. The molecule has 4 rings (SSSR count). The van der Waals surface area contributed by atoms with Crippen molar-refractivity contribution in [2.45, 2.75) is 26.7 Å². The van der Waals surface area contributed by atoms with Crippen LogP contribution in [0.25, 0.3) is 21.9 Å². The zero-order valence-corrected chi connectivity index (χ0v) is 12.2. The molecule has 0 bridgehead atoms. The van der Waals surface area contributed by atoms with E-state index in [9.17, 15) is 4.79 Å². The van der Waals surface area contributed by atoms with Crippen LogP contribution in [0.15, 0.2) is 24.3 Å². The van der Waals surface area contributed by atoms with Crippen LogP contribution in [0.5, 0.6) is 0 Å². The molecule has 21 heavy (non-hydrogen) atoms. The second-order valence-corrected chi connectivity index (χ2v) is 6.68. The summed E-state index contributed by atoms with van der Waals surface area (Å²) in [6.07, 6.45) is 1.31. The molecule has 0 amide bonds. The van der Waals surface area contributed by atoms with Crippen LogP contribution < -0.4 is 5.73 Å². The lowest BCUT2D eigenvalue weighted by Crippen LogP contribution is -2.28. The summed E-state index contributed by atoms with van der Waals surface area (Å²) in [5.74, 6) is 0.110. The Morgan fingerprint density at radius 1 is 1.24 bits per heavy atom. The fraction of sp³-hybridized carbons (Fsp3) is 0.294. The molecule has 0 unspecified atom stereocenters. The number of aromatic nitrogens is 2. The Bertz CT molecular complexity index is 905. The van der Waals surface area contributed by atoms with E-state index in [2.05, 4.69) is 18.8 Å². The highest BCUT2D eigenvalue weighted by molar-refractivity contribution is 6.17. The third kappa shape index (κ3) is 1.68. The average Bonchev–Trinajstić information content (AvgIpc) is 2.74. The van der Waals surface area contributed by atoms with E-state index >= 15 is 0 Å². The van der Waals surface area contributed by atoms with Gasteiger partial charge in [0.15, 0.2) is 5.78 Å². The number of H-pyrrole nitrogens is 1. The number of nitrogens with two attached hydrogens (primary N) is 1. The van der Waals surface area contributed by atoms with Gasteiger partial charge >= 0.3 is 0 Å². The minimum atomic E-state index is -0.0524. The van der Waals surface area contributed by atoms with Gasteiger partial charge in [-0.2, -0.15) is 0 Å². The number of fused-ring (bicyclic) bond motifs is 4. The Morgan fingerprint density at radius 3 is 2.81 bits per heavy atom. The summed E-state index contributed by atoms with van der Waals surface area (Å²) in [7, 11) is 0. The van der Waals surface area contributed by atoms with Crippen molar-refractivity contribution in [2.24, 2.45) is 5.41 Å². The molecule has 0 saturated heterocycles. The SMILES string of the molecule is CC1(C)CC(=O)c2c(nc3[nH]c4ccccc4c3c2N)C1. The number of pyridine rings is 1. The van der Waals surface area contributed by atoms with Crippen LogP contribution in [-0.2, 0) is 6.42 Å². The fourth-order valence-corrected chi connectivity index (χ4v) is 3.43. The van der Waals surface area contributed by atoms with Gasteiger partial charge in [-0.05, 0) is 17.9 Å². The van der Waals surface area contributed by atoms with Crippen molar-refractivity contribution < 1.29 is 4.79 Å². The molecule has 106 valence electrons. The number of Topliss-reactive ketones (excluding diaryl/α,β-unsaturated/α-hetero) is 1. The molecule has 4 heteroatoms. The quantitative estimate of drug-likeness (QED) is 0.662. The first-order valence-electron chi connectivity index (χ1n) is 7.18. The van der Waals surface area contributed by atoms with Gasteiger partial charge in [0.05, 0.1) is 22.3 Å². The molecule has 1 aliphatic rings. The smallest absolute Gasteiger partial charge is 0.167 e. The van der Waals surface area contributed by atoms with Gasteiger partial charge in [0.1, 0.15) is 5.65 Å². The van der Waals surface area contributed by atoms with E-state index in [1.165, 1.54) is 0 Å². The number of para-hydroxylation sites is 1. The molecule has 3 N–H and O–H groups in total. The van der Waals surface area contributed by atoms with E-state index in [-0.39, 0.29) is 11.2 Å². The maximum atomic E-state index is 12.5. The monoisotopic (exact) mass is 279 g/mol. The third-order valence-electron chi connectivity index (χ3n) is 4.32. The topological polar surface area (TPSA) is 71.8 Å². The van der Waals surface area contributed by atoms with Crippen molar-refractivity contribution in [1.82, 2.24) is 9.97 Å². The first-order valence-corrected chi connectivity index (χ1v) is 7.18. The lowest BCUT2D eigenvalue weighted by molar-refractivity contribution is 0.0912. The molecule has 4 nitrogen and oxygen atoms in total. The maximum absolute atomic E-state index is 12.5. The van der Waals surface area contributed by atoms with Crippen molar-refractivity contribution in [1.29, 1.82) is 0 Å². The van der Waals surface area contributed by atoms with E-state index in [4.69, 9.17) is 10.7 Å². The number of hydrogen-bond donors (Lipinski definition) is 2. The van der Waals surface area contributed by atoms with Crippen LogP contribution >= 0.6 is 0 Å². The van der Waals surface area contributed by atoms with E-state index in [0.717, 1.165) is 34.1 Å². The van der Waals surface area contributed by atoms with Crippen LogP contribution in [0.1, 0.15) is 36.3 Å². The van der Waals surface area contributed by atoms with Crippen LogP contribution in [0.3, 0.4) is 0 Å². The van der Waals surface area contributed by atoms with Crippen LogP contribution in [0.4, 0.5) is 5.69 Å². The van der Waals surface area contributed by atoms with E-state index in [0.29, 0.717) is 17.7 Å². The zero-order valence-electron chi connectivity index (χ0n) is 12.2. The summed E-state index contributed by atoms with van der Waals surface area (Å²) in [6, 6.07) is 7.96. The predicted molar refractivity (Wildman–Crippen MR) is 84.4 cm³/mol. The highest BCUT2D eigenvalue weighted by atomic mass is 16.1. The summed E-state index contributed by atoms with van der Waals surface area (Å²) >= 11 is 0. The van der Waals surface area contributed by atoms with Gasteiger partial charge in [-0.1, -0.05) is 32.0 Å². The van der Waals surface area contributed by atoms with Gasteiger partial charge in [0.2, 0.25) is 0 Å². The van der Waals surface area contributed by atoms with Crippen LogP contribution in [-0.4, -0.2) is 15.8 Å². The van der Waals surface area contributed by atoms with Crippen molar-refractivity contribution in [3.63, 3.8) is 0 Å². The number of benzene rings is 1. The lowest BCUT2D eigenvalue weighted by atomic mass is 9.75. The number of nitrogens with one attached hydrogen (secondary N) is 1. The Morgan fingerprint density at radius 2 is 2.00 bits per heavy atom. The standard InChI is InChI=1S/C17H17N3O/c1-17(2)7-11-14(12(21)8-17)15(18)13-9-5-3-4-6-10(9)19-16(13)20-11/h3-6H,7-8H2,1-2H3,(H3,18,19,20). The first kappa shape index (κ1) is 12.4. The van der Waals surface area contributed by atoms with Gasteiger partial charge in [0, 0.05) is 17.3 Å². The summed E-state index contributed by atoms with van der Waals surface area (Å²) < 4.78 is 0. The number of anilines is 1. The van der Waals surface area contributed by atoms with Crippen LogP contribution in [0.2, 0.25) is 0 Å². The number of aromatic amines is 1. The van der Waals surface area contributed by atoms with E-state index < -0.39 is 0 Å². The molecule has 0 saturated carbocycles. The molecule has 3 aromatic rings. The Balaban J connectivity index is 2.12. The van der Waals surface area contributed by atoms with Gasteiger partial charge < -0.3 is 10.7 Å². The minimum Gasteiger partial charge on any atom is -0.397 e. The molecule has 0 atom stereocenters. The summed E-state index contributed by atoms with van der Waals surface area (Å²) in [6.45, 7) is 4.20. The number of carbonyl (C=O) groups is 1. The average molecular weight is 279 g/mol. The second kappa shape index (κ2) is 3.85. The van der Waals surface area contributed by atoms with Gasteiger partial charge in [-0.3, -0.25) is 4.79 Å². The number of nitrogen functional groups attached to an aromatic ring is 1. The molecule has 0 aliphatic heterocycles. The molecule has 1 aliphatic carbocycles. The number of nitrogens with zero attached hydrogens (tertiary/aromatic N) is 1. The fourth-order valence-electron chi connectivity index (χ4n) is 3.43. The van der Waals surface area contributed by atoms with Crippen molar-refractivity contribution >= 4 is 33.4 Å². The molecule has 0 fully saturated rings. The molecule has 0 radical (unpaired) electrons. The minimum absolute atomic E-state index is 0.0524. The first-order chi connectivity index (χ1) is 9.96. The number of hydrogen-bond acceptors (Lipinski definition) is 3. The van der Waals surface area contributed by atoms with Gasteiger partial charge in [-0.25, -0.2) is 4.98 Å². The Kier molecular flexibility index (Phi) is 2.27. The maximum Gasteiger partial charge on any atom is 0.167 e. The third-order valence-corrected chi connectivity index (χ3v) is 4.32. The predicted octanol–water partition coefficient (Wildman–Crippen LogP) is 3.45. The number of ketones is 1. The van der Waals surface area contributed by atoms with Crippen molar-refractivity contribution in [3.8, 4) is 0 Å². The normalized spacial score (nSPS) is 17.3. The van der Waals surface area contributed by atoms with Crippen LogP contribution in [0, 0.1) is 5.41 Å². The lowest BCUT2D eigenvalue weighted by Gasteiger charge is -2.30. The highest BCUT2D eigenvalue weighted by Gasteiger charge is 2.34. The highest BCUT2D eigenvalue weighted by Crippen LogP contribution is 2.40. The molecule has 0 spiro atoms. The Labute approximate surface area is 122 Å². The second-order valence-electron chi connectivity index (χ2n) is 6.68. The number of rotatable bonds is 0. The molecule has 2 aromatic heterocycles. The molecular formula is C17H17N3O. The van der Waals surface area contributed by atoms with Crippen molar-refractivity contribution in [3.05, 3.63) is 35.5 Å². The van der Waals surface area contributed by atoms with Gasteiger partial charge in [-0.15, -0.1) is 0 Å². The van der Waals surface area contributed by atoms with Gasteiger partial charge in [0.25, 0.3) is 0 Å². The molecular weight excluding hydrogens is 262 g/mol. The molecule has 2 heterocycles. The van der Waals surface area contributed by atoms with E-state index in [1.807, 2.05) is 24.3 Å². The zero-order chi connectivity index (χ0) is 14.8.